The van der Waals surface area contributed by atoms with Crippen molar-refractivity contribution >= 4 is 16.5 Å². The van der Waals surface area contributed by atoms with E-state index in [1.807, 2.05) is 0 Å². The minimum atomic E-state index is -0.0161. The van der Waals surface area contributed by atoms with Crippen LogP contribution in [-0.2, 0) is 12.0 Å². The van der Waals surface area contributed by atoms with Crippen LogP contribution in [0.25, 0.3) is 0 Å². The fourth-order valence-electron chi connectivity index (χ4n) is 2.80. The van der Waals surface area contributed by atoms with Gasteiger partial charge < -0.3 is 14.9 Å². The predicted molar refractivity (Wildman–Crippen MR) is 85.7 cm³/mol. The molecule has 0 amide bonds. The Balaban J connectivity index is 2.14. The third-order valence-electron chi connectivity index (χ3n) is 4.02. The summed E-state index contributed by atoms with van der Waals surface area (Å²) in [5.74, 6) is 0. The van der Waals surface area contributed by atoms with Crippen molar-refractivity contribution in [1.82, 2.24) is 9.88 Å². The number of likely N-dealkylation sites (N-methyl/N-ethyl adjacent to an activating group) is 2. The molecule has 0 bridgehead atoms. The molecule has 0 aromatic carbocycles. The summed E-state index contributed by atoms with van der Waals surface area (Å²) in [6.45, 7) is 8.74. The van der Waals surface area contributed by atoms with Gasteiger partial charge in [-0.05, 0) is 26.4 Å². The molecule has 2 heterocycles. The second kappa shape index (κ2) is 6.00. The number of hydrogen-bond acceptors (Lipinski definition) is 5. The summed E-state index contributed by atoms with van der Waals surface area (Å²) in [6.07, 6.45) is 2.56. The summed E-state index contributed by atoms with van der Waals surface area (Å²) in [6, 6.07) is 0.625. The van der Waals surface area contributed by atoms with E-state index in [-0.39, 0.29) is 12.0 Å². The van der Waals surface area contributed by atoms with E-state index in [2.05, 4.69) is 44.7 Å². The molecule has 1 N–H and O–H groups in total. The minimum Gasteiger partial charge on any atom is -0.391 e. The maximum absolute atomic E-state index is 9.55. The van der Waals surface area contributed by atoms with Gasteiger partial charge in [-0.1, -0.05) is 32.1 Å². The molecule has 0 spiro atoms. The molecule has 0 aliphatic carbocycles. The van der Waals surface area contributed by atoms with Gasteiger partial charge in [-0.25, -0.2) is 4.98 Å². The van der Waals surface area contributed by atoms with Crippen LogP contribution in [0.4, 0.5) is 5.13 Å². The van der Waals surface area contributed by atoms with E-state index in [1.165, 1.54) is 19.4 Å². The Bertz CT molecular complexity index is 452. The highest BCUT2D eigenvalue weighted by Crippen LogP contribution is 2.33. The van der Waals surface area contributed by atoms with E-state index >= 15 is 0 Å². The zero-order chi connectivity index (χ0) is 14.9. The van der Waals surface area contributed by atoms with Crippen molar-refractivity contribution in [2.24, 2.45) is 0 Å². The first-order chi connectivity index (χ1) is 9.32. The lowest BCUT2D eigenvalue weighted by molar-refractivity contribution is 0.282. The molecule has 20 heavy (non-hydrogen) atoms. The van der Waals surface area contributed by atoms with Crippen LogP contribution in [0.2, 0.25) is 0 Å². The monoisotopic (exact) mass is 297 g/mol. The summed E-state index contributed by atoms with van der Waals surface area (Å²) >= 11 is 1.63. The zero-order valence-corrected chi connectivity index (χ0v) is 14.1. The van der Waals surface area contributed by atoms with E-state index in [4.69, 9.17) is 4.98 Å². The average molecular weight is 297 g/mol. The molecular formula is C15H27N3OS. The smallest absolute Gasteiger partial charge is 0.185 e. The Kier molecular flexibility index (Phi) is 4.72. The molecule has 0 saturated carbocycles. The zero-order valence-electron chi connectivity index (χ0n) is 13.3. The molecule has 1 unspecified atom stereocenters. The molecule has 1 aliphatic heterocycles. The fourth-order valence-corrected chi connectivity index (χ4v) is 3.90. The molecule has 1 aliphatic rings. The second-order valence-electron chi connectivity index (χ2n) is 6.83. The Morgan fingerprint density at radius 2 is 2.15 bits per heavy atom. The number of aliphatic hydroxyl groups excluding tert-OH is 1. The summed E-state index contributed by atoms with van der Waals surface area (Å²) in [5.41, 5.74) is 1.02. The summed E-state index contributed by atoms with van der Waals surface area (Å²) < 4.78 is 0. The molecule has 1 fully saturated rings. The van der Waals surface area contributed by atoms with E-state index < -0.39 is 0 Å². The number of aromatic nitrogens is 1. The van der Waals surface area contributed by atoms with Crippen LogP contribution < -0.4 is 4.90 Å². The molecule has 2 rings (SSSR count). The van der Waals surface area contributed by atoms with Gasteiger partial charge >= 0.3 is 0 Å². The van der Waals surface area contributed by atoms with Gasteiger partial charge in [0.15, 0.2) is 5.13 Å². The van der Waals surface area contributed by atoms with Gasteiger partial charge in [0.1, 0.15) is 0 Å². The quantitative estimate of drug-likeness (QED) is 0.927. The number of anilines is 1. The van der Waals surface area contributed by atoms with Gasteiger partial charge in [-0.15, -0.1) is 0 Å². The number of likely N-dealkylation sites (tertiary alicyclic amines) is 1. The second-order valence-corrected chi connectivity index (χ2v) is 7.90. The van der Waals surface area contributed by atoms with Gasteiger partial charge in [-0.2, -0.15) is 0 Å². The van der Waals surface area contributed by atoms with Crippen LogP contribution in [0, 0.1) is 0 Å². The Labute approximate surface area is 126 Å². The fraction of sp³-hybridized carbons (Fsp3) is 0.800. The molecule has 4 nitrogen and oxygen atoms in total. The summed E-state index contributed by atoms with van der Waals surface area (Å²) in [5, 5.41) is 10.6. The van der Waals surface area contributed by atoms with Crippen molar-refractivity contribution in [3.8, 4) is 0 Å². The normalized spacial score (nSPS) is 20.6. The Morgan fingerprint density at radius 3 is 2.60 bits per heavy atom. The molecule has 114 valence electrons. The van der Waals surface area contributed by atoms with Crippen LogP contribution in [-0.4, -0.2) is 48.2 Å². The molecule has 1 saturated heterocycles. The first-order valence-electron chi connectivity index (χ1n) is 7.35. The van der Waals surface area contributed by atoms with Crippen molar-refractivity contribution in [2.45, 2.75) is 51.7 Å². The van der Waals surface area contributed by atoms with Gasteiger partial charge in [0.2, 0.25) is 0 Å². The van der Waals surface area contributed by atoms with Crippen LogP contribution >= 0.6 is 11.3 Å². The van der Waals surface area contributed by atoms with Gasteiger partial charge in [0.05, 0.1) is 17.2 Å². The van der Waals surface area contributed by atoms with Crippen LogP contribution in [0.5, 0.6) is 0 Å². The largest absolute Gasteiger partial charge is 0.391 e. The highest BCUT2D eigenvalue weighted by Gasteiger charge is 2.26. The van der Waals surface area contributed by atoms with Gasteiger partial charge in [0, 0.05) is 25.0 Å². The maximum atomic E-state index is 9.55. The Morgan fingerprint density at radius 1 is 1.45 bits per heavy atom. The van der Waals surface area contributed by atoms with Gasteiger partial charge in [0.25, 0.3) is 0 Å². The van der Waals surface area contributed by atoms with E-state index in [0.29, 0.717) is 6.04 Å². The van der Waals surface area contributed by atoms with E-state index in [1.54, 1.807) is 11.3 Å². The number of hydrogen-bond donors (Lipinski definition) is 1. The first-order valence-corrected chi connectivity index (χ1v) is 8.17. The highest BCUT2D eigenvalue weighted by atomic mass is 32.1. The van der Waals surface area contributed by atoms with Crippen molar-refractivity contribution in [2.75, 3.05) is 32.1 Å². The van der Waals surface area contributed by atoms with Crippen molar-refractivity contribution in [3.63, 3.8) is 0 Å². The summed E-state index contributed by atoms with van der Waals surface area (Å²) in [7, 11) is 4.31. The van der Waals surface area contributed by atoms with Gasteiger partial charge in [-0.3, -0.25) is 0 Å². The number of nitrogens with zero attached hydrogens (tertiary/aromatic N) is 3. The third-order valence-corrected chi connectivity index (χ3v) is 5.18. The average Bonchev–Trinajstić information content (AvgIpc) is 2.95. The number of rotatable bonds is 4. The van der Waals surface area contributed by atoms with E-state index in [9.17, 15) is 5.11 Å². The molecule has 0 radical (unpaired) electrons. The van der Waals surface area contributed by atoms with Crippen LogP contribution in [0.1, 0.15) is 44.2 Å². The number of aliphatic hydroxyl groups is 1. The van der Waals surface area contributed by atoms with Crippen LogP contribution in [0.3, 0.4) is 0 Å². The van der Waals surface area contributed by atoms with Crippen LogP contribution in [0.15, 0.2) is 0 Å². The van der Waals surface area contributed by atoms with Crippen molar-refractivity contribution in [3.05, 3.63) is 10.6 Å². The summed E-state index contributed by atoms with van der Waals surface area (Å²) in [4.78, 5) is 10.5. The lowest BCUT2D eigenvalue weighted by Gasteiger charge is -2.25. The van der Waals surface area contributed by atoms with E-state index in [0.717, 1.165) is 22.2 Å². The Hall–Kier alpha value is -0.650. The minimum absolute atomic E-state index is 0.0161. The lowest BCUT2D eigenvalue weighted by Crippen LogP contribution is -2.36. The molecular weight excluding hydrogens is 270 g/mol. The molecule has 1 atom stereocenters. The topological polar surface area (TPSA) is 39.6 Å². The molecule has 5 heteroatoms. The third kappa shape index (κ3) is 3.32. The first kappa shape index (κ1) is 15.7. The standard InChI is InChI=1S/C15H27N3OS/c1-15(2,3)13-12(10-19)20-14(16-13)18(5)9-11-7-6-8-17(11)4/h11,19H,6-10H2,1-5H3. The maximum Gasteiger partial charge on any atom is 0.185 e. The number of thiazole rings is 1. The lowest BCUT2D eigenvalue weighted by atomic mass is 9.91. The predicted octanol–water partition coefficient (Wildman–Crippen LogP) is 2.46. The molecule has 1 aromatic heterocycles. The van der Waals surface area contributed by atoms with Crippen molar-refractivity contribution < 1.29 is 5.11 Å². The highest BCUT2D eigenvalue weighted by molar-refractivity contribution is 7.15. The molecule has 1 aromatic rings. The SMILES string of the molecule is CN(CC1CCCN1C)c1nc(C(C)(C)C)c(CO)s1. The van der Waals surface area contributed by atoms with Crippen molar-refractivity contribution in [1.29, 1.82) is 0 Å².